The highest BCUT2D eigenvalue weighted by Crippen LogP contribution is 2.35. The largest absolute Gasteiger partial charge is 0.504 e. The molecule has 0 heterocycles. The number of phenolic OH excluding ortho intramolecular Hbond substituents is 1. The number of rotatable bonds is 6. The van der Waals surface area contributed by atoms with Gasteiger partial charge in [-0.3, -0.25) is 0 Å². The zero-order valence-corrected chi connectivity index (χ0v) is 13.1. The highest BCUT2D eigenvalue weighted by Gasteiger charge is 2.17. The van der Waals surface area contributed by atoms with Crippen LogP contribution in [0.1, 0.15) is 49.3 Å². The van der Waals surface area contributed by atoms with Crippen molar-refractivity contribution < 1.29 is 9.84 Å². The average Bonchev–Trinajstić information content (AvgIpc) is 2.51. The fourth-order valence-corrected chi connectivity index (χ4v) is 2.92. The number of aromatic hydroxyl groups is 1. The van der Waals surface area contributed by atoms with E-state index in [2.05, 4.69) is 38.1 Å². The Kier molecular flexibility index (Phi) is 5.26. The molecule has 0 fully saturated rings. The van der Waals surface area contributed by atoms with Crippen molar-refractivity contribution in [2.45, 2.75) is 39.0 Å². The molecular weight excluding hydrogens is 260 g/mol. The molecule has 2 nitrogen and oxygen atoms in total. The minimum absolute atomic E-state index is 0.193. The van der Waals surface area contributed by atoms with E-state index in [0.29, 0.717) is 11.7 Å². The second-order valence-electron chi connectivity index (χ2n) is 5.34. The minimum atomic E-state index is 0.193. The molecule has 2 aromatic carbocycles. The zero-order valence-electron chi connectivity index (χ0n) is 13.1. The van der Waals surface area contributed by atoms with Crippen molar-refractivity contribution in [2.24, 2.45) is 0 Å². The van der Waals surface area contributed by atoms with Crippen molar-refractivity contribution in [3.8, 4) is 11.5 Å². The monoisotopic (exact) mass is 284 g/mol. The summed E-state index contributed by atoms with van der Waals surface area (Å²) < 4.78 is 5.24. The quantitative estimate of drug-likeness (QED) is 0.818. The van der Waals surface area contributed by atoms with Crippen LogP contribution in [0, 0.1) is 0 Å². The summed E-state index contributed by atoms with van der Waals surface area (Å²) in [5.74, 6) is 1.07. The normalized spacial score (nSPS) is 12.1. The summed E-state index contributed by atoms with van der Waals surface area (Å²) in [6, 6.07) is 14.3. The molecule has 0 aromatic heterocycles. The van der Waals surface area contributed by atoms with Gasteiger partial charge in [0.25, 0.3) is 0 Å². The van der Waals surface area contributed by atoms with Crippen molar-refractivity contribution in [3.63, 3.8) is 0 Å². The summed E-state index contributed by atoms with van der Waals surface area (Å²) in [7, 11) is 1.59. The van der Waals surface area contributed by atoms with Crippen LogP contribution in [-0.2, 0) is 6.42 Å². The zero-order chi connectivity index (χ0) is 15.2. The van der Waals surface area contributed by atoms with E-state index in [1.54, 1.807) is 13.2 Å². The van der Waals surface area contributed by atoms with Crippen LogP contribution in [0.2, 0.25) is 0 Å². The highest BCUT2D eigenvalue weighted by molar-refractivity contribution is 5.46. The number of methoxy groups -OCH3 is 1. The van der Waals surface area contributed by atoms with Crippen LogP contribution in [0.3, 0.4) is 0 Å². The van der Waals surface area contributed by atoms with Crippen molar-refractivity contribution in [2.75, 3.05) is 7.11 Å². The SMILES string of the molecule is CCCc1ccccc1C(CC)c1ccc(O)c(OC)c1. The van der Waals surface area contributed by atoms with Crippen LogP contribution >= 0.6 is 0 Å². The molecule has 0 bridgehead atoms. The average molecular weight is 284 g/mol. The number of benzene rings is 2. The van der Waals surface area contributed by atoms with Crippen LogP contribution in [-0.4, -0.2) is 12.2 Å². The molecule has 2 rings (SSSR count). The van der Waals surface area contributed by atoms with E-state index in [0.717, 1.165) is 19.3 Å². The van der Waals surface area contributed by atoms with Gasteiger partial charge in [0.2, 0.25) is 0 Å². The molecule has 0 saturated carbocycles. The summed E-state index contributed by atoms with van der Waals surface area (Å²) in [5, 5.41) is 9.77. The predicted molar refractivity (Wildman–Crippen MR) is 87.2 cm³/mol. The summed E-state index contributed by atoms with van der Waals surface area (Å²) in [6.07, 6.45) is 3.27. The topological polar surface area (TPSA) is 29.5 Å². The van der Waals surface area contributed by atoms with E-state index >= 15 is 0 Å². The predicted octanol–water partition coefficient (Wildman–Crippen LogP) is 4.90. The molecular formula is C19H24O2. The van der Waals surface area contributed by atoms with Gasteiger partial charge >= 0.3 is 0 Å². The molecule has 112 valence electrons. The molecule has 2 aromatic rings. The Hall–Kier alpha value is -1.96. The third-order valence-electron chi connectivity index (χ3n) is 3.96. The smallest absolute Gasteiger partial charge is 0.160 e. The molecule has 0 radical (unpaired) electrons. The van der Waals surface area contributed by atoms with Gasteiger partial charge in [-0.25, -0.2) is 0 Å². The summed E-state index contributed by atoms with van der Waals surface area (Å²) in [6.45, 7) is 4.41. The lowest BCUT2D eigenvalue weighted by molar-refractivity contribution is 0.372. The number of aryl methyl sites for hydroxylation is 1. The van der Waals surface area contributed by atoms with Gasteiger partial charge in [-0.1, -0.05) is 50.6 Å². The Morgan fingerprint density at radius 3 is 2.52 bits per heavy atom. The van der Waals surface area contributed by atoms with Gasteiger partial charge in [0.05, 0.1) is 7.11 Å². The molecule has 2 heteroatoms. The Morgan fingerprint density at radius 2 is 1.86 bits per heavy atom. The first-order valence-electron chi connectivity index (χ1n) is 7.65. The molecule has 0 spiro atoms. The fraction of sp³-hybridized carbons (Fsp3) is 0.368. The van der Waals surface area contributed by atoms with E-state index in [1.165, 1.54) is 16.7 Å². The van der Waals surface area contributed by atoms with E-state index in [9.17, 15) is 5.11 Å². The molecule has 1 N–H and O–H groups in total. The van der Waals surface area contributed by atoms with Crippen LogP contribution in [0.4, 0.5) is 0 Å². The first-order valence-corrected chi connectivity index (χ1v) is 7.65. The Labute approximate surface area is 127 Å². The number of phenols is 1. The first kappa shape index (κ1) is 15.4. The molecule has 1 atom stereocenters. The molecule has 0 aliphatic carbocycles. The van der Waals surface area contributed by atoms with Crippen LogP contribution < -0.4 is 4.74 Å². The Bertz CT molecular complexity index is 590. The third kappa shape index (κ3) is 3.38. The standard InChI is InChI=1S/C19H24O2/c1-4-8-14-9-6-7-10-17(14)16(5-2)15-11-12-18(20)19(13-15)21-3/h6-7,9-13,16,20H,4-5,8H2,1-3H3. The van der Waals surface area contributed by atoms with Crippen LogP contribution in [0.25, 0.3) is 0 Å². The number of ether oxygens (including phenoxy) is 1. The van der Waals surface area contributed by atoms with Gasteiger partial charge in [-0.05, 0) is 41.7 Å². The molecule has 0 amide bonds. The Morgan fingerprint density at radius 1 is 1.10 bits per heavy atom. The van der Waals surface area contributed by atoms with E-state index in [4.69, 9.17) is 4.74 Å². The summed E-state index contributed by atoms with van der Waals surface area (Å²) in [4.78, 5) is 0. The molecule has 21 heavy (non-hydrogen) atoms. The third-order valence-corrected chi connectivity index (χ3v) is 3.96. The number of hydrogen-bond donors (Lipinski definition) is 1. The van der Waals surface area contributed by atoms with Gasteiger partial charge < -0.3 is 9.84 Å². The maximum absolute atomic E-state index is 9.77. The minimum Gasteiger partial charge on any atom is -0.504 e. The van der Waals surface area contributed by atoms with E-state index in [1.807, 2.05) is 12.1 Å². The van der Waals surface area contributed by atoms with Crippen LogP contribution in [0.15, 0.2) is 42.5 Å². The fourth-order valence-electron chi connectivity index (χ4n) is 2.92. The first-order chi connectivity index (χ1) is 10.2. The second-order valence-corrected chi connectivity index (χ2v) is 5.34. The maximum Gasteiger partial charge on any atom is 0.160 e. The van der Waals surface area contributed by atoms with Crippen molar-refractivity contribution >= 4 is 0 Å². The van der Waals surface area contributed by atoms with Crippen molar-refractivity contribution in [1.29, 1.82) is 0 Å². The van der Waals surface area contributed by atoms with Gasteiger partial charge in [0.15, 0.2) is 11.5 Å². The Balaban J connectivity index is 2.44. The molecule has 1 unspecified atom stereocenters. The van der Waals surface area contributed by atoms with Gasteiger partial charge in [-0.2, -0.15) is 0 Å². The highest BCUT2D eigenvalue weighted by atomic mass is 16.5. The lowest BCUT2D eigenvalue weighted by atomic mass is 9.85. The molecule has 0 aliphatic heterocycles. The van der Waals surface area contributed by atoms with E-state index < -0.39 is 0 Å². The molecule has 0 aliphatic rings. The van der Waals surface area contributed by atoms with Gasteiger partial charge in [-0.15, -0.1) is 0 Å². The lowest BCUT2D eigenvalue weighted by Gasteiger charge is -2.20. The second kappa shape index (κ2) is 7.16. The van der Waals surface area contributed by atoms with Gasteiger partial charge in [0.1, 0.15) is 0 Å². The number of hydrogen-bond acceptors (Lipinski definition) is 2. The summed E-state index contributed by atoms with van der Waals surface area (Å²) in [5.41, 5.74) is 3.99. The maximum atomic E-state index is 9.77. The van der Waals surface area contributed by atoms with Crippen LogP contribution in [0.5, 0.6) is 11.5 Å². The van der Waals surface area contributed by atoms with Crippen molar-refractivity contribution in [1.82, 2.24) is 0 Å². The van der Waals surface area contributed by atoms with E-state index in [-0.39, 0.29) is 5.75 Å². The van der Waals surface area contributed by atoms with Crippen molar-refractivity contribution in [3.05, 3.63) is 59.2 Å². The lowest BCUT2D eigenvalue weighted by Crippen LogP contribution is -2.04. The molecule has 0 saturated heterocycles. The summed E-state index contributed by atoms with van der Waals surface area (Å²) >= 11 is 0. The van der Waals surface area contributed by atoms with Gasteiger partial charge in [0, 0.05) is 5.92 Å².